The number of aliphatic carboxylic acids is 1. The maximum atomic E-state index is 13.4. The van der Waals surface area contributed by atoms with E-state index in [4.69, 9.17) is 5.11 Å². The molecule has 2 N–H and O–H groups in total. The number of fused-ring (bicyclic) bond motifs is 9. The van der Waals surface area contributed by atoms with Crippen LogP contribution in [0.25, 0.3) is 0 Å². The fraction of sp³-hybridized carbons (Fsp3) is 0.538. The number of carboxylic acids is 1. The lowest BCUT2D eigenvalue weighted by Gasteiger charge is -2.43. The molecule has 6 rings (SSSR count). The zero-order valence-electron chi connectivity index (χ0n) is 20.2. The molecule has 2 saturated carbocycles. The van der Waals surface area contributed by atoms with Gasteiger partial charge in [-0.25, -0.2) is 0 Å². The predicted octanol–water partition coefficient (Wildman–Crippen LogP) is 3.23. The van der Waals surface area contributed by atoms with Crippen molar-refractivity contribution >= 4 is 46.6 Å². The highest BCUT2D eigenvalue weighted by Gasteiger charge is 2.69. The first-order valence-corrected chi connectivity index (χ1v) is 14.3. The summed E-state index contributed by atoms with van der Waals surface area (Å²) in [6, 6.07) is 8.59. The molecule has 1 aromatic heterocycles. The van der Waals surface area contributed by atoms with Gasteiger partial charge >= 0.3 is 10.8 Å². The molecule has 190 valence electrons. The number of imide groups is 1. The molecule has 3 fully saturated rings. The summed E-state index contributed by atoms with van der Waals surface area (Å²) < 4.78 is 0. The van der Waals surface area contributed by atoms with Gasteiger partial charge in [-0.05, 0) is 55.7 Å². The van der Waals surface area contributed by atoms with Crippen molar-refractivity contribution in [2.45, 2.75) is 42.9 Å². The van der Waals surface area contributed by atoms with Crippen molar-refractivity contribution < 1.29 is 19.5 Å². The summed E-state index contributed by atoms with van der Waals surface area (Å²) in [6.07, 6.45) is 0.600. The normalized spacial score (nSPS) is 31.9. The van der Waals surface area contributed by atoms with Crippen LogP contribution in [-0.2, 0) is 14.4 Å². The van der Waals surface area contributed by atoms with E-state index in [2.05, 4.69) is 48.0 Å². The van der Waals surface area contributed by atoms with E-state index in [9.17, 15) is 19.2 Å². The molecule has 0 spiro atoms. The number of aromatic nitrogens is 1. The smallest absolute Gasteiger partial charge is 0.305 e. The molecule has 4 aliphatic rings. The van der Waals surface area contributed by atoms with Gasteiger partial charge in [0, 0.05) is 41.4 Å². The van der Waals surface area contributed by atoms with Crippen LogP contribution in [-0.4, -0.2) is 57.7 Å². The highest BCUT2D eigenvalue weighted by Crippen LogP contribution is 2.68. The van der Waals surface area contributed by atoms with Gasteiger partial charge in [-0.3, -0.25) is 24.1 Å². The first-order valence-electron chi connectivity index (χ1n) is 12.7. The average molecular weight is 528 g/mol. The number of likely N-dealkylation sites (tertiary alicyclic amines) is 1. The fourth-order valence-corrected chi connectivity index (χ4v) is 10.2. The van der Waals surface area contributed by atoms with Gasteiger partial charge in [0.05, 0.1) is 23.3 Å². The lowest BCUT2D eigenvalue weighted by atomic mass is 9.68. The number of anilines is 1. The monoisotopic (exact) mass is 527 g/mol. The summed E-state index contributed by atoms with van der Waals surface area (Å²) >= 11 is 2.92. The van der Waals surface area contributed by atoms with Crippen molar-refractivity contribution in [2.24, 2.45) is 29.6 Å². The Morgan fingerprint density at radius 1 is 1.08 bits per heavy atom. The highest BCUT2D eigenvalue weighted by atomic mass is 32.2. The molecule has 8 nitrogen and oxygen atoms in total. The van der Waals surface area contributed by atoms with Crippen LogP contribution in [0.2, 0.25) is 0 Å². The van der Waals surface area contributed by atoms with Gasteiger partial charge in [0.25, 0.3) is 0 Å². The van der Waals surface area contributed by atoms with E-state index in [1.807, 2.05) is 0 Å². The summed E-state index contributed by atoms with van der Waals surface area (Å²) in [7, 11) is 0. The van der Waals surface area contributed by atoms with Crippen molar-refractivity contribution in [3.05, 3.63) is 44.4 Å². The Hall–Kier alpha value is -2.59. The fourth-order valence-electron chi connectivity index (χ4n) is 7.36. The Morgan fingerprint density at radius 3 is 2.39 bits per heavy atom. The van der Waals surface area contributed by atoms with Gasteiger partial charge in [-0.1, -0.05) is 23.5 Å². The second kappa shape index (κ2) is 8.76. The third-order valence-corrected chi connectivity index (χ3v) is 11.3. The number of aromatic amines is 1. The van der Waals surface area contributed by atoms with E-state index in [1.54, 1.807) is 11.8 Å². The molecule has 0 radical (unpaired) electrons. The molecule has 7 atom stereocenters. The molecule has 2 amide bonds. The molecule has 2 aromatic rings. The van der Waals surface area contributed by atoms with Crippen molar-refractivity contribution in [2.75, 3.05) is 24.5 Å². The summed E-state index contributed by atoms with van der Waals surface area (Å²) in [4.78, 5) is 57.7. The van der Waals surface area contributed by atoms with Crippen LogP contribution in [0.1, 0.15) is 43.0 Å². The lowest BCUT2D eigenvalue weighted by molar-refractivity contribution is -0.142. The second-order valence-electron chi connectivity index (χ2n) is 10.2. The number of thioether (sulfide) groups is 1. The number of carbonyl (C=O) groups excluding carboxylic acids is 2. The van der Waals surface area contributed by atoms with Crippen molar-refractivity contribution in [3.63, 3.8) is 0 Å². The average Bonchev–Trinajstić information content (AvgIpc) is 3.58. The second-order valence-corrected chi connectivity index (χ2v) is 12.4. The van der Waals surface area contributed by atoms with Gasteiger partial charge in [-0.15, -0.1) is 11.8 Å². The van der Waals surface area contributed by atoms with Crippen LogP contribution in [0.5, 0.6) is 0 Å². The van der Waals surface area contributed by atoms with Crippen LogP contribution in [0.3, 0.4) is 0 Å². The van der Waals surface area contributed by atoms with Crippen LogP contribution in [0.15, 0.2) is 34.1 Å². The minimum Gasteiger partial charge on any atom is -0.481 e. The highest BCUT2D eigenvalue weighted by molar-refractivity contribution is 8.00. The number of rotatable bonds is 7. The number of benzene rings is 1. The molecule has 3 heterocycles. The summed E-state index contributed by atoms with van der Waals surface area (Å²) in [6.45, 7) is 6.06. The number of hydrogen-bond acceptors (Lipinski definition) is 7. The topological polar surface area (TPSA) is 111 Å². The number of carbonyl (C=O) groups is 3. The third-order valence-electron chi connectivity index (χ3n) is 8.75. The number of H-pyrrole nitrogens is 1. The van der Waals surface area contributed by atoms with Crippen molar-refractivity contribution in [1.82, 2.24) is 9.88 Å². The molecule has 1 saturated heterocycles. The van der Waals surface area contributed by atoms with Gasteiger partial charge in [0.15, 0.2) is 0 Å². The minimum atomic E-state index is -1.01. The third kappa shape index (κ3) is 3.40. The van der Waals surface area contributed by atoms with Crippen LogP contribution in [0.4, 0.5) is 5.69 Å². The first-order chi connectivity index (χ1) is 17.3. The molecule has 10 heteroatoms. The van der Waals surface area contributed by atoms with E-state index < -0.39 is 5.97 Å². The lowest BCUT2D eigenvalue weighted by Crippen LogP contribution is -2.42. The Labute approximate surface area is 217 Å². The number of carboxylic acid groups (broad SMARTS) is 1. The van der Waals surface area contributed by atoms with E-state index in [0.717, 1.165) is 40.7 Å². The molecule has 2 aliphatic heterocycles. The van der Waals surface area contributed by atoms with E-state index in [-0.39, 0.29) is 70.4 Å². The predicted molar refractivity (Wildman–Crippen MR) is 137 cm³/mol. The SMILES string of the molecule is CCN(CC)c1ccc([C@H]2c3sc(=O)[nH]c3SC3C4CC(C5C(=O)N(CCC(=O)O)C(=O)C45)C32)cc1. The molecular formula is C26H29N3O5S2. The van der Waals surface area contributed by atoms with Gasteiger partial charge < -0.3 is 15.0 Å². The summed E-state index contributed by atoms with van der Waals surface area (Å²) in [5.41, 5.74) is 2.30. The van der Waals surface area contributed by atoms with Gasteiger partial charge in [-0.2, -0.15) is 0 Å². The molecule has 2 aliphatic carbocycles. The Kier molecular flexibility index (Phi) is 5.79. The van der Waals surface area contributed by atoms with Crippen molar-refractivity contribution in [1.29, 1.82) is 0 Å². The maximum absolute atomic E-state index is 13.4. The van der Waals surface area contributed by atoms with Gasteiger partial charge in [0.1, 0.15) is 0 Å². The zero-order chi connectivity index (χ0) is 25.3. The first kappa shape index (κ1) is 23.8. The minimum absolute atomic E-state index is 0.00660. The number of nitrogens with one attached hydrogen (secondary N) is 1. The number of hydrogen-bond donors (Lipinski definition) is 2. The van der Waals surface area contributed by atoms with E-state index in [1.165, 1.54) is 16.2 Å². The molecule has 36 heavy (non-hydrogen) atoms. The van der Waals surface area contributed by atoms with Crippen molar-refractivity contribution in [3.8, 4) is 0 Å². The number of thiazole rings is 1. The number of nitrogens with zero attached hydrogens (tertiary/aromatic N) is 2. The van der Waals surface area contributed by atoms with Crippen LogP contribution in [0, 0.1) is 29.6 Å². The Balaban J connectivity index is 1.38. The molecule has 6 unspecified atom stereocenters. The Bertz CT molecular complexity index is 1280. The largest absolute Gasteiger partial charge is 0.481 e. The van der Waals surface area contributed by atoms with E-state index >= 15 is 0 Å². The Morgan fingerprint density at radius 2 is 1.75 bits per heavy atom. The summed E-state index contributed by atoms with van der Waals surface area (Å²) in [5, 5.41) is 10.1. The molecule has 2 bridgehead atoms. The van der Waals surface area contributed by atoms with Crippen LogP contribution < -0.4 is 9.77 Å². The summed E-state index contributed by atoms with van der Waals surface area (Å²) in [5.74, 6) is -1.94. The van der Waals surface area contributed by atoms with E-state index in [0.29, 0.717) is 0 Å². The quantitative estimate of drug-likeness (QED) is 0.532. The molecular weight excluding hydrogens is 498 g/mol. The van der Waals surface area contributed by atoms with Gasteiger partial charge in [0.2, 0.25) is 11.8 Å². The number of amides is 2. The standard InChI is InChI=1S/C26H29N3O5S2/c1-3-28(4-2)13-7-5-12(6-8-13)17-18-14-11-15(21(18)35-23-22(17)36-26(34)27-23)20-19(14)24(32)29(25(20)33)10-9-16(30)31/h5-8,14-15,17-21H,3-4,9-11H2,1-2H3,(H,27,34)(H,30,31)/t14?,15?,17-,18?,19?,20?,21?/m1/s1. The van der Waals surface area contributed by atoms with Crippen LogP contribution >= 0.6 is 23.1 Å². The maximum Gasteiger partial charge on any atom is 0.305 e. The zero-order valence-corrected chi connectivity index (χ0v) is 21.8. The molecule has 1 aromatic carbocycles.